The van der Waals surface area contributed by atoms with Gasteiger partial charge >= 0.3 is 0 Å². The maximum Gasteiger partial charge on any atom is 0.273 e. The lowest BCUT2D eigenvalue weighted by Crippen LogP contribution is -2.02. The standard InChI is InChI=1S/C21H13ClIN3O5/c1-30-19-9-14(26(28)29)6-11(20(19)27)10-24-13-3-5-18-17(8-13)25-21(31-18)15-7-12(23)2-4-16(15)22/h2-10,27H,1H3/p-1. The number of ether oxygens (including phenoxy) is 1. The Bertz CT molecular complexity index is 1350. The summed E-state index contributed by atoms with van der Waals surface area (Å²) >= 11 is 8.45. The number of nitro benzene ring substituents is 1. The lowest BCUT2D eigenvalue weighted by Gasteiger charge is -2.14. The van der Waals surface area contributed by atoms with Gasteiger partial charge in [-0.05, 0) is 64.6 Å². The molecule has 0 fully saturated rings. The van der Waals surface area contributed by atoms with Crippen LogP contribution < -0.4 is 9.84 Å². The topological polar surface area (TPSA) is 114 Å². The second kappa shape index (κ2) is 8.52. The molecular weight excluding hydrogens is 537 g/mol. The van der Waals surface area contributed by atoms with Gasteiger partial charge < -0.3 is 14.3 Å². The number of hydrogen-bond acceptors (Lipinski definition) is 7. The largest absolute Gasteiger partial charge is 0.870 e. The molecule has 31 heavy (non-hydrogen) atoms. The predicted octanol–water partition coefficient (Wildman–Crippen LogP) is 5.49. The van der Waals surface area contributed by atoms with E-state index in [0.717, 1.165) is 15.7 Å². The second-order valence-corrected chi connectivity index (χ2v) is 8.03. The molecule has 0 amide bonds. The fourth-order valence-corrected chi connectivity index (χ4v) is 3.57. The summed E-state index contributed by atoms with van der Waals surface area (Å²) < 4.78 is 11.7. The molecule has 4 rings (SSSR count). The van der Waals surface area contributed by atoms with Crippen molar-refractivity contribution in [2.45, 2.75) is 0 Å². The second-order valence-electron chi connectivity index (χ2n) is 6.38. The highest BCUT2D eigenvalue weighted by Gasteiger charge is 2.13. The summed E-state index contributed by atoms with van der Waals surface area (Å²) in [4.78, 5) is 19.2. The number of benzene rings is 3. The monoisotopic (exact) mass is 548 g/mol. The van der Waals surface area contributed by atoms with Crippen molar-refractivity contribution in [3.8, 4) is 23.0 Å². The Balaban J connectivity index is 1.70. The van der Waals surface area contributed by atoms with Crippen molar-refractivity contribution >= 4 is 62.9 Å². The fourth-order valence-electron chi connectivity index (χ4n) is 2.88. The van der Waals surface area contributed by atoms with Crippen LogP contribution in [0.3, 0.4) is 0 Å². The van der Waals surface area contributed by atoms with Crippen LogP contribution in [0, 0.1) is 13.7 Å². The molecule has 0 spiro atoms. The number of oxazole rings is 1. The van der Waals surface area contributed by atoms with Gasteiger partial charge in [0.05, 0.1) is 34.4 Å². The van der Waals surface area contributed by atoms with E-state index in [1.54, 1.807) is 24.3 Å². The molecule has 1 aromatic heterocycles. The lowest BCUT2D eigenvalue weighted by molar-refractivity contribution is -0.385. The molecule has 0 aliphatic carbocycles. The number of halogens is 2. The van der Waals surface area contributed by atoms with Crippen LogP contribution >= 0.6 is 34.2 Å². The molecular formula is C21H12ClIN3O5-. The van der Waals surface area contributed by atoms with E-state index in [-0.39, 0.29) is 17.0 Å². The van der Waals surface area contributed by atoms with E-state index >= 15 is 0 Å². The first-order valence-corrected chi connectivity index (χ1v) is 10.2. The molecule has 0 saturated heterocycles. The summed E-state index contributed by atoms with van der Waals surface area (Å²) in [5.74, 6) is -0.235. The predicted molar refractivity (Wildman–Crippen MR) is 124 cm³/mol. The van der Waals surface area contributed by atoms with Gasteiger partial charge in [-0.15, -0.1) is 0 Å². The molecule has 10 heteroatoms. The quantitative estimate of drug-likeness (QED) is 0.141. The SMILES string of the molecule is COc1cc([N+](=O)[O-])cc(C=Nc2ccc3oc(-c4cc(I)ccc4Cl)nc3c2)c1[O-]. The van der Waals surface area contributed by atoms with Gasteiger partial charge in [0, 0.05) is 15.9 Å². The van der Waals surface area contributed by atoms with E-state index in [9.17, 15) is 15.2 Å². The van der Waals surface area contributed by atoms with Crippen molar-refractivity contribution < 1.29 is 19.2 Å². The van der Waals surface area contributed by atoms with E-state index < -0.39 is 10.7 Å². The highest BCUT2D eigenvalue weighted by molar-refractivity contribution is 14.1. The van der Waals surface area contributed by atoms with Gasteiger partial charge in [-0.1, -0.05) is 17.4 Å². The van der Waals surface area contributed by atoms with E-state index in [4.69, 9.17) is 20.8 Å². The normalized spacial score (nSPS) is 11.3. The van der Waals surface area contributed by atoms with Crippen molar-refractivity contribution in [2.75, 3.05) is 7.11 Å². The van der Waals surface area contributed by atoms with E-state index in [2.05, 4.69) is 32.6 Å². The van der Waals surface area contributed by atoms with Gasteiger partial charge in [0.1, 0.15) is 11.3 Å². The van der Waals surface area contributed by atoms with Gasteiger partial charge in [0.15, 0.2) is 5.58 Å². The van der Waals surface area contributed by atoms with Crippen LogP contribution in [0.4, 0.5) is 11.4 Å². The third kappa shape index (κ3) is 4.32. The zero-order valence-electron chi connectivity index (χ0n) is 15.8. The third-order valence-electron chi connectivity index (χ3n) is 4.38. The van der Waals surface area contributed by atoms with Crippen LogP contribution in [0.25, 0.3) is 22.6 Å². The molecule has 3 aromatic carbocycles. The van der Waals surface area contributed by atoms with Crippen molar-refractivity contribution in [3.63, 3.8) is 0 Å². The number of non-ortho nitro benzene ring substituents is 1. The Hall–Kier alpha value is -3.18. The summed E-state index contributed by atoms with van der Waals surface area (Å²) in [6.07, 6.45) is 1.26. The van der Waals surface area contributed by atoms with Crippen molar-refractivity contribution in [1.29, 1.82) is 0 Å². The molecule has 156 valence electrons. The lowest BCUT2D eigenvalue weighted by atomic mass is 10.1. The summed E-state index contributed by atoms with van der Waals surface area (Å²) in [5, 5.41) is 24.0. The summed E-state index contributed by atoms with van der Waals surface area (Å²) in [7, 11) is 1.28. The molecule has 0 aliphatic heterocycles. The highest BCUT2D eigenvalue weighted by Crippen LogP contribution is 2.34. The Labute approximate surface area is 194 Å². The highest BCUT2D eigenvalue weighted by atomic mass is 127. The van der Waals surface area contributed by atoms with Crippen LogP contribution in [0.15, 0.2) is 57.9 Å². The zero-order valence-corrected chi connectivity index (χ0v) is 18.7. The third-order valence-corrected chi connectivity index (χ3v) is 5.38. The number of rotatable bonds is 5. The Morgan fingerprint density at radius 2 is 2.03 bits per heavy atom. The van der Waals surface area contributed by atoms with Crippen LogP contribution in [0.1, 0.15) is 5.56 Å². The number of aromatic nitrogens is 1. The molecule has 8 nitrogen and oxygen atoms in total. The number of fused-ring (bicyclic) bond motifs is 1. The fraction of sp³-hybridized carbons (Fsp3) is 0.0476. The Kier molecular flexibility index (Phi) is 5.79. The molecule has 0 N–H and O–H groups in total. The first kappa shape index (κ1) is 21.1. The molecule has 1 heterocycles. The molecule has 0 radical (unpaired) electrons. The van der Waals surface area contributed by atoms with Crippen LogP contribution in [0.2, 0.25) is 5.02 Å². The van der Waals surface area contributed by atoms with Crippen LogP contribution in [-0.4, -0.2) is 23.2 Å². The smallest absolute Gasteiger partial charge is 0.273 e. The van der Waals surface area contributed by atoms with Crippen molar-refractivity contribution in [2.24, 2.45) is 4.99 Å². The number of methoxy groups -OCH3 is 1. The molecule has 4 aromatic rings. The summed E-state index contributed by atoms with van der Waals surface area (Å²) in [5.41, 5.74) is 2.05. The first-order chi connectivity index (χ1) is 14.9. The first-order valence-electron chi connectivity index (χ1n) is 8.79. The molecule has 0 atom stereocenters. The Morgan fingerprint density at radius 3 is 2.77 bits per heavy atom. The molecule has 0 saturated carbocycles. The van der Waals surface area contributed by atoms with E-state index in [1.807, 2.05) is 12.1 Å². The number of hydrogen-bond donors (Lipinski definition) is 0. The van der Waals surface area contributed by atoms with Crippen LogP contribution in [-0.2, 0) is 0 Å². The minimum Gasteiger partial charge on any atom is -0.870 e. The zero-order chi connectivity index (χ0) is 22.1. The summed E-state index contributed by atoms with van der Waals surface area (Å²) in [6, 6.07) is 12.8. The van der Waals surface area contributed by atoms with Crippen molar-refractivity contribution in [1.82, 2.24) is 4.98 Å². The molecule has 0 unspecified atom stereocenters. The van der Waals surface area contributed by atoms with Crippen LogP contribution in [0.5, 0.6) is 11.5 Å². The minimum absolute atomic E-state index is 0.0395. The van der Waals surface area contributed by atoms with E-state index in [1.165, 1.54) is 13.3 Å². The van der Waals surface area contributed by atoms with Gasteiger partial charge in [-0.3, -0.25) is 15.1 Å². The van der Waals surface area contributed by atoms with E-state index in [0.29, 0.717) is 33.3 Å². The van der Waals surface area contributed by atoms with Crippen molar-refractivity contribution in [3.05, 3.63) is 72.8 Å². The van der Waals surface area contributed by atoms with Gasteiger partial charge in [0.25, 0.3) is 5.69 Å². The van der Waals surface area contributed by atoms with Gasteiger partial charge in [-0.2, -0.15) is 0 Å². The van der Waals surface area contributed by atoms with Gasteiger partial charge in [0.2, 0.25) is 5.89 Å². The average molecular weight is 549 g/mol. The number of nitro groups is 1. The number of aliphatic imine (C=N–C) groups is 1. The average Bonchev–Trinajstić information content (AvgIpc) is 3.17. The summed E-state index contributed by atoms with van der Waals surface area (Å²) in [6.45, 7) is 0. The minimum atomic E-state index is -0.599. The maximum absolute atomic E-state index is 12.3. The number of nitrogens with zero attached hydrogens (tertiary/aromatic N) is 3. The molecule has 0 aliphatic rings. The Morgan fingerprint density at radius 1 is 1.23 bits per heavy atom. The van der Waals surface area contributed by atoms with Gasteiger partial charge in [-0.25, -0.2) is 4.98 Å². The molecule has 0 bridgehead atoms. The maximum atomic E-state index is 12.3.